The van der Waals surface area contributed by atoms with E-state index in [2.05, 4.69) is 13.8 Å². The number of carbonyl (C=O) groups is 1. The first-order valence-corrected chi connectivity index (χ1v) is 8.44. The minimum absolute atomic E-state index is 0.0347. The number of unbranched alkanes of at least 4 members (excludes halogenated alkanes) is 7. The van der Waals surface area contributed by atoms with Gasteiger partial charge in [-0.2, -0.15) is 0 Å². The molecule has 0 aliphatic rings. The molecule has 0 spiro atoms. The van der Waals surface area contributed by atoms with E-state index in [1.807, 2.05) is 6.92 Å². The van der Waals surface area contributed by atoms with Crippen LogP contribution < -0.4 is 0 Å². The van der Waals surface area contributed by atoms with Crippen LogP contribution in [0.5, 0.6) is 0 Å². The molecule has 0 aliphatic heterocycles. The lowest BCUT2D eigenvalue weighted by Crippen LogP contribution is -2.17. The average molecular weight is 270 g/mol. The maximum absolute atomic E-state index is 11.4. The van der Waals surface area contributed by atoms with E-state index in [1.165, 1.54) is 57.8 Å². The van der Waals surface area contributed by atoms with Crippen LogP contribution in [0, 0.1) is 0 Å². The van der Waals surface area contributed by atoms with E-state index in [1.54, 1.807) is 0 Å². The van der Waals surface area contributed by atoms with E-state index in [9.17, 15) is 4.79 Å². The van der Waals surface area contributed by atoms with Crippen LogP contribution in [0.4, 0.5) is 0 Å². The Morgan fingerprint density at radius 2 is 1.26 bits per heavy atom. The Morgan fingerprint density at radius 1 is 0.789 bits per heavy atom. The van der Waals surface area contributed by atoms with Crippen LogP contribution in [-0.2, 0) is 9.53 Å². The lowest BCUT2D eigenvalue weighted by molar-refractivity contribution is -0.149. The van der Waals surface area contributed by atoms with E-state index in [4.69, 9.17) is 4.74 Å². The summed E-state index contributed by atoms with van der Waals surface area (Å²) in [6.45, 7) is 6.32. The molecule has 1 unspecified atom stereocenters. The van der Waals surface area contributed by atoms with Gasteiger partial charge >= 0.3 is 5.97 Å². The molecule has 0 saturated heterocycles. The zero-order valence-electron chi connectivity index (χ0n) is 13.4. The van der Waals surface area contributed by atoms with Crippen molar-refractivity contribution < 1.29 is 9.53 Å². The largest absolute Gasteiger partial charge is 0.462 e. The molecule has 2 nitrogen and oxygen atoms in total. The van der Waals surface area contributed by atoms with E-state index < -0.39 is 0 Å². The quantitative estimate of drug-likeness (QED) is 0.320. The van der Waals surface area contributed by atoms with Gasteiger partial charge in [0.25, 0.3) is 0 Å². The van der Waals surface area contributed by atoms with Crippen LogP contribution in [-0.4, -0.2) is 12.1 Å². The van der Waals surface area contributed by atoms with Gasteiger partial charge in [0.05, 0.1) is 0 Å². The third-order valence-corrected chi connectivity index (χ3v) is 3.60. The Morgan fingerprint density at radius 3 is 1.84 bits per heavy atom. The molecule has 0 saturated carbocycles. The van der Waals surface area contributed by atoms with Gasteiger partial charge in [-0.1, -0.05) is 65.7 Å². The van der Waals surface area contributed by atoms with Gasteiger partial charge in [-0.25, -0.2) is 0 Å². The fourth-order valence-electron chi connectivity index (χ4n) is 2.31. The van der Waals surface area contributed by atoms with Crippen LogP contribution in [0.1, 0.15) is 97.8 Å². The first kappa shape index (κ1) is 18.5. The second kappa shape index (κ2) is 13.9. The van der Waals surface area contributed by atoms with Gasteiger partial charge in [0.1, 0.15) is 6.10 Å². The van der Waals surface area contributed by atoms with Crippen LogP contribution in [0.15, 0.2) is 0 Å². The third-order valence-electron chi connectivity index (χ3n) is 3.60. The molecule has 0 heterocycles. The number of esters is 1. The number of carbonyl (C=O) groups excluding carboxylic acids is 1. The third kappa shape index (κ3) is 12.3. The highest BCUT2D eigenvalue weighted by molar-refractivity contribution is 5.69. The zero-order chi connectivity index (χ0) is 14.3. The van der Waals surface area contributed by atoms with Gasteiger partial charge in [0, 0.05) is 6.42 Å². The number of hydrogen-bond donors (Lipinski definition) is 0. The highest BCUT2D eigenvalue weighted by atomic mass is 16.5. The predicted molar refractivity (Wildman–Crippen MR) is 82.3 cm³/mol. The Kier molecular flexibility index (Phi) is 13.5. The number of ether oxygens (including phenoxy) is 1. The molecular weight excluding hydrogens is 236 g/mol. The topological polar surface area (TPSA) is 26.3 Å². The second-order valence-corrected chi connectivity index (χ2v) is 5.52. The maximum Gasteiger partial charge on any atom is 0.305 e. The second-order valence-electron chi connectivity index (χ2n) is 5.52. The molecule has 0 aromatic carbocycles. The molecule has 0 aliphatic carbocycles. The number of rotatable bonds is 13. The monoisotopic (exact) mass is 270 g/mol. The van der Waals surface area contributed by atoms with E-state index in [0.717, 1.165) is 12.8 Å². The summed E-state index contributed by atoms with van der Waals surface area (Å²) in [6, 6.07) is 0. The van der Waals surface area contributed by atoms with Gasteiger partial charge in [0.15, 0.2) is 0 Å². The van der Waals surface area contributed by atoms with E-state index >= 15 is 0 Å². The predicted octanol–water partition coefficient (Wildman–Crippen LogP) is 5.64. The summed E-state index contributed by atoms with van der Waals surface area (Å²) in [5.74, 6) is -0.0347. The van der Waals surface area contributed by atoms with Crippen LogP contribution >= 0.6 is 0 Å². The highest BCUT2D eigenvalue weighted by Crippen LogP contribution is 2.16. The van der Waals surface area contributed by atoms with Crippen LogP contribution in [0.25, 0.3) is 0 Å². The van der Waals surface area contributed by atoms with Crippen molar-refractivity contribution in [2.75, 3.05) is 0 Å². The van der Waals surface area contributed by atoms with E-state index in [-0.39, 0.29) is 12.1 Å². The van der Waals surface area contributed by atoms with Gasteiger partial charge in [-0.05, 0) is 25.7 Å². The molecule has 0 radical (unpaired) electrons. The SMILES string of the molecule is CCCCCCCCC(CCCCC)OC(=O)CC. The molecule has 0 aromatic heterocycles. The minimum Gasteiger partial charge on any atom is -0.462 e. The Balaban J connectivity index is 3.74. The van der Waals surface area contributed by atoms with Gasteiger partial charge < -0.3 is 4.74 Å². The van der Waals surface area contributed by atoms with Crippen molar-refractivity contribution in [1.82, 2.24) is 0 Å². The normalized spacial score (nSPS) is 12.4. The summed E-state index contributed by atoms with van der Waals surface area (Å²) in [6.07, 6.45) is 14.3. The summed E-state index contributed by atoms with van der Waals surface area (Å²) < 4.78 is 5.54. The van der Waals surface area contributed by atoms with Crippen molar-refractivity contribution in [3.63, 3.8) is 0 Å². The average Bonchev–Trinajstić information content (AvgIpc) is 2.42. The van der Waals surface area contributed by atoms with Gasteiger partial charge in [-0.3, -0.25) is 4.79 Å². The summed E-state index contributed by atoms with van der Waals surface area (Å²) in [4.78, 5) is 11.4. The minimum atomic E-state index is -0.0347. The first-order chi connectivity index (χ1) is 9.24. The maximum atomic E-state index is 11.4. The summed E-state index contributed by atoms with van der Waals surface area (Å²) >= 11 is 0. The molecule has 0 bridgehead atoms. The van der Waals surface area contributed by atoms with Crippen LogP contribution in [0.2, 0.25) is 0 Å². The van der Waals surface area contributed by atoms with Crippen molar-refractivity contribution >= 4 is 5.97 Å². The first-order valence-electron chi connectivity index (χ1n) is 8.44. The Labute approximate surface area is 120 Å². The van der Waals surface area contributed by atoms with Gasteiger partial charge in [0.2, 0.25) is 0 Å². The van der Waals surface area contributed by atoms with Gasteiger partial charge in [-0.15, -0.1) is 0 Å². The fourth-order valence-corrected chi connectivity index (χ4v) is 2.31. The molecule has 19 heavy (non-hydrogen) atoms. The van der Waals surface area contributed by atoms with Crippen molar-refractivity contribution in [2.24, 2.45) is 0 Å². The molecule has 114 valence electrons. The van der Waals surface area contributed by atoms with Crippen molar-refractivity contribution in [2.45, 2.75) is 104 Å². The summed E-state index contributed by atoms with van der Waals surface area (Å²) in [7, 11) is 0. The molecule has 1 atom stereocenters. The lowest BCUT2D eigenvalue weighted by atomic mass is 10.0. The Bertz CT molecular complexity index is 201. The van der Waals surface area contributed by atoms with Crippen LogP contribution in [0.3, 0.4) is 0 Å². The fraction of sp³-hybridized carbons (Fsp3) is 0.941. The zero-order valence-corrected chi connectivity index (χ0v) is 13.4. The van der Waals surface area contributed by atoms with E-state index in [0.29, 0.717) is 6.42 Å². The molecule has 0 rings (SSSR count). The molecule has 0 N–H and O–H groups in total. The molecule has 0 amide bonds. The number of hydrogen-bond acceptors (Lipinski definition) is 2. The molecular formula is C17H34O2. The molecule has 2 heteroatoms. The highest BCUT2D eigenvalue weighted by Gasteiger charge is 2.12. The lowest BCUT2D eigenvalue weighted by Gasteiger charge is -2.17. The Hall–Kier alpha value is -0.530. The molecule has 0 aromatic rings. The standard InChI is InChI=1S/C17H34O2/c1-4-7-9-10-11-13-15-16(14-12-8-5-2)19-17(18)6-3/h16H,4-15H2,1-3H3. The smallest absolute Gasteiger partial charge is 0.305 e. The van der Waals surface area contributed by atoms with Crippen molar-refractivity contribution in [3.8, 4) is 0 Å². The van der Waals surface area contributed by atoms with Crippen molar-refractivity contribution in [1.29, 1.82) is 0 Å². The summed E-state index contributed by atoms with van der Waals surface area (Å²) in [5, 5.41) is 0. The molecule has 0 fully saturated rings. The summed E-state index contributed by atoms with van der Waals surface area (Å²) in [5.41, 5.74) is 0. The van der Waals surface area contributed by atoms with Crippen molar-refractivity contribution in [3.05, 3.63) is 0 Å².